The summed E-state index contributed by atoms with van der Waals surface area (Å²) in [6, 6.07) is 11.7. The number of aromatic nitrogens is 4. The Hall–Kier alpha value is -3.37. The van der Waals surface area contributed by atoms with Crippen molar-refractivity contribution in [3.8, 4) is 5.75 Å². The van der Waals surface area contributed by atoms with E-state index in [-0.39, 0.29) is 5.91 Å². The van der Waals surface area contributed by atoms with Gasteiger partial charge in [-0.1, -0.05) is 55.9 Å². The van der Waals surface area contributed by atoms with Crippen LogP contribution in [0.4, 0.5) is 5.82 Å². The average Bonchev–Trinajstić information content (AvgIpc) is 3.31. The standard InChI is InChI=1S/C27H32N6O3S/c1-4-36-22-10-9-19-7-5-6-8-20(19)23(22)26(34)28-11-12-33-25-21(17-29-33)24(32-13-15-35-16-14-32)30-27(31-25)37-18(2)3/h5-10,17-18H,4,11-16H2,1-3H3,(H,28,34). The van der Waals surface area contributed by atoms with Crippen LogP contribution in [0, 0.1) is 0 Å². The molecule has 3 heterocycles. The molecule has 37 heavy (non-hydrogen) atoms. The second kappa shape index (κ2) is 11.4. The summed E-state index contributed by atoms with van der Waals surface area (Å²) in [7, 11) is 0. The summed E-state index contributed by atoms with van der Waals surface area (Å²) >= 11 is 1.63. The maximum atomic E-state index is 13.3. The molecule has 0 saturated carbocycles. The summed E-state index contributed by atoms with van der Waals surface area (Å²) in [5, 5.41) is 11.5. The Labute approximate surface area is 220 Å². The number of fused-ring (bicyclic) bond motifs is 2. The largest absolute Gasteiger partial charge is 0.493 e. The fourth-order valence-corrected chi connectivity index (χ4v) is 5.19. The van der Waals surface area contributed by atoms with Crippen molar-refractivity contribution < 1.29 is 14.3 Å². The Kier molecular flexibility index (Phi) is 7.76. The van der Waals surface area contributed by atoms with Gasteiger partial charge in [-0.2, -0.15) is 5.10 Å². The number of carbonyl (C=O) groups is 1. The van der Waals surface area contributed by atoms with Gasteiger partial charge in [-0.15, -0.1) is 0 Å². The molecule has 0 unspecified atom stereocenters. The number of nitrogens with zero attached hydrogens (tertiary/aromatic N) is 5. The minimum atomic E-state index is -0.170. The number of hydrogen-bond donors (Lipinski definition) is 1. The first-order valence-electron chi connectivity index (χ1n) is 12.7. The van der Waals surface area contributed by atoms with Gasteiger partial charge in [0, 0.05) is 24.9 Å². The van der Waals surface area contributed by atoms with Gasteiger partial charge in [0.05, 0.1) is 43.5 Å². The minimum Gasteiger partial charge on any atom is -0.493 e. The van der Waals surface area contributed by atoms with E-state index in [1.54, 1.807) is 11.8 Å². The Morgan fingerprint density at radius 2 is 1.95 bits per heavy atom. The molecule has 2 aromatic carbocycles. The Balaban J connectivity index is 1.38. The van der Waals surface area contributed by atoms with Crippen LogP contribution in [0.15, 0.2) is 47.8 Å². The van der Waals surface area contributed by atoms with Gasteiger partial charge in [-0.05, 0) is 23.8 Å². The third-order valence-electron chi connectivity index (χ3n) is 6.13. The van der Waals surface area contributed by atoms with Gasteiger partial charge in [0.2, 0.25) is 0 Å². The second-order valence-corrected chi connectivity index (χ2v) is 10.6. The van der Waals surface area contributed by atoms with Crippen molar-refractivity contribution >= 4 is 45.3 Å². The van der Waals surface area contributed by atoms with Gasteiger partial charge in [0.25, 0.3) is 5.91 Å². The topological polar surface area (TPSA) is 94.4 Å². The number of amides is 1. The van der Waals surface area contributed by atoms with Crippen molar-refractivity contribution in [2.75, 3.05) is 44.4 Å². The average molecular weight is 521 g/mol. The first kappa shape index (κ1) is 25.3. The van der Waals surface area contributed by atoms with Crippen molar-refractivity contribution in [2.45, 2.75) is 37.7 Å². The van der Waals surface area contributed by atoms with Crippen LogP contribution in [0.25, 0.3) is 21.8 Å². The highest BCUT2D eigenvalue weighted by Gasteiger charge is 2.21. The van der Waals surface area contributed by atoms with Crippen LogP contribution in [-0.2, 0) is 11.3 Å². The van der Waals surface area contributed by atoms with Crippen LogP contribution in [0.1, 0.15) is 31.1 Å². The summed E-state index contributed by atoms with van der Waals surface area (Å²) in [6.45, 7) is 10.5. The molecular formula is C27H32N6O3S. The summed E-state index contributed by atoms with van der Waals surface area (Å²) < 4.78 is 13.2. The first-order chi connectivity index (χ1) is 18.0. The number of ether oxygens (including phenoxy) is 2. The third kappa shape index (κ3) is 5.50. The number of hydrogen-bond acceptors (Lipinski definition) is 8. The van der Waals surface area contributed by atoms with Crippen LogP contribution in [0.3, 0.4) is 0 Å². The first-order valence-corrected chi connectivity index (χ1v) is 13.6. The fourth-order valence-electron chi connectivity index (χ4n) is 4.49. The molecule has 1 aliphatic heterocycles. The maximum Gasteiger partial charge on any atom is 0.255 e. The summed E-state index contributed by atoms with van der Waals surface area (Å²) in [4.78, 5) is 25.2. The molecule has 1 N–H and O–H groups in total. The summed E-state index contributed by atoms with van der Waals surface area (Å²) in [5.74, 6) is 1.31. The van der Waals surface area contributed by atoms with Crippen LogP contribution in [0.5, 0.6) is 5.75 Å². The predicted octanol–water partition coefficient (Wildman–Crippen LogP) is 4.15. The summed E-state index contributed by atoms with van der Waals surface area (Å²) in [5.41, 5.74) is 1.33. The van der Waals surface area contributed by atoms with Crippen LogP contribution in [0.2, 0.25) is 0 Å². The number of anilines is 1. The van der Waals surface area contributed by atoms with E-state index in [0.717, 1.165) is 45.9 Å². The van der Waals surface area contributed by atoms with E-state index in [2.05, 4.69) is 29.2 Å². The molecule has 9 nitrogen and oxygen atoms in total. The fraction of sp³-hybridized carbons (Fsp3) is 0.407. The van der Waals surface area contributed by atoms with Gasteiger partial charge in [-0.3, -0.25) is 4.79 Å². The number of thioether (sulfide) groups is 1. The van der Waals surface area contributed by atoms with E-state index >= 15 is 0 Å². The van der Waals surface area contributed by atoms with E-state index in [0.29, 0.717) is 49.5 Å². The zero-order valence-electron chi connectivity index (χ0n) is 21.4. The lowest BCUT2D eigenvalue weighted by atomic mass is 10.0. The molecule has 0 bridgehead atoms. The number of benzene rings is 2. The molecule has 4 aromatic rings. The lowest BCUT2D eigenvalue weighted by Gasteiger charge is -2.28. The molecule has 10 heteroatoms. The SMILES string of the molecule is CCOc1ccc2ccccc2c1C(=O)NCCn1ncc2c(N3CCOCC3)nc(SC(C)C)nc21. The molecule has 5 rings (SSSR count). The van der Waals surface area contributed by atoms with Gasteiger partial charge < -0.3 is 19.7 Å². The van der Waals surface area contributed by atoms with Crippen molar-refractivity contribution in [1.29, 1.82) is 0 Å². The quantitative estimate of drug-likeness (QED) is 0.260. The number of carbonyl (C=O) groups excluding carboxylic acids is 1. The smallest absolute Gasteiger partial charge is 0.255 e. The van der Waals surface area contributed by atoms with E-state index in [1.165, 1.54) is 0 Å². The molecule has 2 aromatic heterocycles. The monoisotopic (exact) mass is 520 g/mol. The minimum absolute atomic E-state index is 0.170. The number of nitrogens with one attached hydrogen (secondary N) is 1. The van der Waals surface area contributed by atoms with Crippen LogP contribution >= 0.6 is 11.8 Å². The van der Waals surface area contributed by atoms with E-state index in [4.69, 9.17) is 19.4 Å². The highest BCUT2D eigenvalue weighted by Crippen LogP contribution is 2.30. The predicted molar refractivity (Wildman–Crippen MR) is 147 cm³/mol. The van der Waals surface area contributed by atoms with Gasteiger partial charge >= 0.3 is 0 Å². The van der Waals surface area contributed by atoms with E-state index < -0.39 is 0 Å². The van der Waals surface area contributed by atoms with Gasteiger partial charge in [-0.25, -0.2) is 14.6 Å². The third-order valence-corrected chi connectivity index (χ3v) is 7.00. The normalized spacial score (nSPS) is 14.0. The highest BCUT2D eigenvalue weighted by atomic mass is 32.2. The van der Waals surface area contributed by atoms with Gasteiger partial charge in [0.1, 0.15) is 11.6 Å². The Bertz CT molecular complexity index is 1400. The molecule has 0 aliphatic carbocycles. The zero-order valence-corrected chi connectivity index (χ0v) is 22.3. The van der Waals surface area contributed by atoms with Crippen molar-refractivity contribution in [3.05, 3.63) is 48.2 Å². The van der Waals surface area contributed by atoms with Crippen molar-refractivity contribution in [1.82, 2.24) is 25.1 Å². The lowest BCUT2D eigenvalue weighted by Crippen LogP contribution is -2.37. The molecule has 194 valence electrons. The molecule has 0 atom stereocenters. The highest BCUT2D eigenvalue weighted by molar-refractivity contribution is 7.99. The molecule has 0 radical (unpaired) electrons. The van der Waals surface area contributed by atoms with Crippen LogP contribution in [-0.4, -0.2) is 70.4 Å². The number of morpholine rings is 1. The Morgan fingerprint density at radius 1 is 1.14 bits per heavy atom. The van der Waals surface area contributed by atoms with Crippen LogP contribution < -0.4 is 15.0 Å². The lowest BCUT2D eigenvalue weighted by molar-refractivity contribution is 0.0950. The zero-order chi connectivity index (χ0) is 25.8. The van der Waals surface area contributed by atoms with E-state index in [9.17, 15) is 4.79 Å². The summed E-state index contributed by atoms with van der Waals surface area (Å²) in [6.07, 6.45) is 1.82. The number of rotatable bonds is 9. The molecular weight excluding hydrogens is 488 g/mol. The molecule has 0 spiro atoms. The van der Waals surface area contributed by atoms with Crippen molar-refractivity contribution in [3.63, 3.8) is 0 Å². The maximum absolute atomic E-state index is 13.3. The van der Waals surface area contributed by atoms with Crippen molar-refractivity contribution in [2.24, 2.45) is 0 Å². The molecule has 1 aliphatic rings. The van der Waals surface area contributed by atoms with E-state index in [1.807, 2.05) is 54.2 Å². The molecule has 1 amide bonds. The molecule has 1 fully saturated rings. The van der Waals surface area contributed by atoms with Gasteiger partial charge in [0.15, 0.2) is 10.8 Å². The second-order valence-electron chi connectivity index (χ2n) is 9.05. The Morgan fingerprint density at radius 3 is 2.73 bits per heavy atom. The molecule has 1 saturated heterocycles.